The maximum atomic E-state index is 13.7. The molecular weight excluding hydrogens is 464 g/mol. The number of benzene rings is 2. The van der Waals surface area contributed by atoms with Gasteiger partial charge < -0.3 is 24.0 Å². The number of ether oxygens (including phenoxy) is 3. The van der Waals surface area contributed by atoms with E-state index in [0.717, 1.165) is 12.0 Å². The van der Waals surface area contributed by atoms with E-state index in [0.29, 0.717) is 43.2 Å². The van der Waals surface area contributed by atoms with E-state index in [9.17, 15) is 9.59 Å². The van der Waals surface area contributed by atoms with Crippen molar-refractivity contribution in [2.24, 2.45) is 0 Å². The van der Waals surface area contributed by atoms with E-state index in [1.54, 1.807) is 41.5 Å². The summed E-state index contributed by atoms with van der Waals surface area (Å²) in [6, 6.07) is 17.2. The van der Waals surface area contributed by atoms with E-state index in [-0.39, 0.29) is 31.2 Å². The number of carbonyl (C=O) groups is 2. The van der Waals surface area contributed by atoms with E-state index < -0.39 is 0 Å². The van der Waals surface area contributed by atoms with Crippen LogP contribution in [0.4, 0.5) is 0 Å². The molecule has 0 fully saturated rings. The first-order chi connectivity index (χ1) is 17.2. The van der Waals surface area contributed by atoms with E-state index in [4.69, 9.17) is 14.2 Å². The normalized spacial score (nSPS) is 16.1. The Morgan fingerprint density at radius 1 is 1.11 bits per heavy atom. The Hall–Kier alpha value is -3.36. The van der Waals surface area contributed by atoms with Crippen LogP contribution in [-0.4, -0.2) is 61.8 Å². The van der Waals surface area contributed by atoms with Crippen molar-refractivity contribution in [2.75, 3.05) is 40.1 Å². The topological polar surface area (TPSA) is 68.3 Å². The van der Waals surface area contributed by atoms with Crippen molar-refractivity contribution in [1.29, 1.82) is 0 Å². The SMILES string of the molecule is COCCCN(CC(=O)N1CCc2sccc2C1c1ccccc1)C(=O)c1ccc2c(c1)OCO2. The zero-order valence-electron chi connectivity index (χ0n) is 19.6. The number of methoxy groups -OCH3 is 1. The summed E-state index contributed by atoms with van der Waals surface area (Å²) in [6.07, 6.45) is 1.46. The molecule has 8 heteroatoms. The summed E-state index contributed by atoms with van der Waals surface area (Å²) in [7, 11) is 1.63. The Balaban J connectivity index is 1.39. The lowest BCUT2D eigenvalue weighted by Crippen LogP contribution is -2.47. The summed E-state index contributed by atoms with van der Waals surface area (Å²) in [5.41, 5.74) is 2.72. The quantitative estimate of drug-likeness (QED) is 0.443. The predicted octanol–water partition coefficient (Wildman–Crippen LogP) is 4.13. The third-order valence-corrected chi connectivity index (χ3v) is 7.41. The maximum absolute atomic E-state index is 13.7. The summed E-state index contributed by atoms with van der Waals surface area (Å²) >= 11 is 1.74. The summed E-state index contributed by atoms with van der Waals surface area (Å²) in [5.74, 6) is 0.887. The van der Waals surface area contributed by atoms with Crippen LogP contribution in [0.3, 0.4) is 0 Å². The molecule has 35 heavy (non-hydrogen) atoms. The second kappa shape index (κ2) is 10.5. The molecule has 1 unspecified atom stereocenters. The summed E-state index contributed by atoms with van der Waals surface area (Å²) in [5, 5.41) is 2.09. The first-order valence-electron chi connectivity index (χ1n) is 11.7. The fourth-order valence-corrected chi connectivity index (χ4v) is 5.60. The van der Waals surface area contributed by atoms with Gasteiger partial charge in [0.2, 0.25) is 12.7 Å². The van der Waals surface area contributed by atoms with Gasteiger partial charge in [0, 0.05) is 37.2 Å². The number of hydrogen-bond donors (Lipinski definition) is 0. The van der Waals surface area contributed by atoms with Crippen LogP contribution < -0.4 is 9.47 Å². The standard InChI is InChI=1S/C27H28N2O5S/c1-32-14-5-12-28(27(31)20-8-9-22-23(16-20)34-18-33-22)17-25(30)29-13-10-24-21(11-15-35-24)26(29)19-6-3-2-4-7-19/h2-4,6-9,11,15-16,26H,5,10,12-14,17-18H2,1H3. The molecule has 3 heterocycles. The zero-order valence-corrected chi connectivity index (χ0v) is 20.5. The van der Waals surface area contributed by atoms with Gasteiger partial charge >= 0.3 is 0 Å². The number of thiophene rings is 1. The van der Waals surface area contributed by atoms with Crippen molar-refractivity contribution < 1.29 is 23.8 Å². The van der Waals surface area contributed by atoms with Gasteiger partial charge in [-0.15, -0.1) is 11.3 Å². The van der Waals surface area contributed by atoms with Crippen LogP contribution in [0.5, 0.6) is 11.5 Å². The van der Waals surface area contributed by atoms with Crippen molar-refractivity contribution in [2.45, 2.75) is 18.9 Å². The fourth-order valence-electron chi connectivity index (χ4n) is 4.70. The van der Waals surface area contributed by atoms with Crippen molar-refractivity contribution in [1.82, 2.24) is 9.80 Å². The molecule has 0 spiro atoms. The van der Waals surface area contributed by atoms with Crippen LogP contribution in [0.25, 0.3) is 0 Å². The summed E-state index contributed by atoms with van der Waals surface area (Å²) < 4.78 is 16.0. The molecule has 2 aromatic carbocycles. The number of nitrogens with zero attached hydrogens (tertiary/aromatic N) is 2. The molecule has 2 aliphatic heterocycles. The molecule has 0 N–H and O–H groups in total. The van der Waals surface area contributed by atoms with Crippen molar-refractivity contribution in [3.63, 3.8) is 0 Å². The first kappa shape index (κ1) is 23.4. The largest absolute Gasteiger partial charge is 0.454 e. The van der Waals surface area contributed by atoms with Gasteiger partial charge in [-0.3, -0.25) is 9.59 Å². The third kappa shape index (κ3) is 4.90. The van der Waals surface area contributed by atoms with E-state index in [1.165, 1.54) is 10.4 Å². The van der Waals surface area contributed by atoms with Crippen LogP contribution in [0, 0.1) is 0 Å². The molecule has 182 valence electrons. The van der Waals surface area contributed by atoms with Crippen LogP contribution >= 0.6 is 11.3 Å². The van der Waals surface area contributed by atoms with Crippen LogP contribution in [0.15, 0.2) is 60.0 Å². The van der Waals surface area contributed by atoms with Gasteiger partial charge in [0.15, 0.2) is 11.5 Å². The number of amides is 2. The fraction of sp³-hybridized carbons (Fsp3) is 0.333. The second-order valence-corrected chi connectivity index (χ2v) is 9.59. The Kier molecular flexibility index (Phi) is 7.01. The molecule has 3 aromatic rings. The lowest BCUT2D eigenvalue weighted by Gasteiger charge is -2.37. The third-order valence-electron chi connectivity index (χ3n) is 6.41. The number of rotatable bonds is 8. The molecular formula is C27H28N2O5S. The van der Waals surface area contributed by atoms with Gasteiger partial charge in [0.1, 0.15) is 6.54 Å². The zero-order chi connectivity index (χ0) is 24.2. The molecule has 0 aliphatic carbocycles. The molecule has 0 saturated carbocycles. The molecule has 0 saturated heterocycles. The molecule has 1 atom stereocenters. The lowest BCUT2D eigenvalue weighted by atomic mass is 9.93. The van der Waals surface area contributed by atoms with Crippen LogP contribution in [0.2, 0.25) is 0 Å². The average molecular weight is 493 g/mol. The maximum Gasteiger partial charge on any atom is 0.254 e. The van der Waals surface area contributed by atoms with Crippen molar-refractivity contribution in [3.05, 3.63) is 81.5 Å². The molecule has 2 aliphatic rings. The molecule has 7 nitrogen and oxygen atoms in total. The highest BCUT2D eigenvalue weighted by Crippen LogP contribution is 2.38. The highest BCUT2D eigenvalue weighted by atomic mass is 32.1. The highest BCUT2D eigenvalue weighted by molar-refractivity contribution is 7.10. The minimum Gasteiger partial charge on any atom is -0.454 e. The molecule has 5 rings (SSSR count). The summed E-state index contributed by atoms with van der Waals surface area (Å²) in [6.45, 7) is 1.69. The van der Waals surface area contributed by atoms with E-state index in [1.807, 2.05) is 23.1 Å². The smallest absolute Gasteiger partial charge is 0.254 e. The number of hydrogen-bond acceptors (Lipinski definition) is 6. The second-order valence-electron chi connectivity index (χ2n) is 8.59. The Bertz CT molecular complexity index is 1200. The first-order valence-corrected chi connectivity index (χ1v) is 12.6. The van der Waals surface area contributed by atoms with Crippen LogP contribution in [-0.2, 0) is 16.0 Å². The van der Waals surface area contributed by atoms with Crippen molar-refractivity contribution in [3.8, 4) is 11.5 Å². The molecule has 0 radical (unpaired) electrons. The Labute approximate surface area is 208 Å². The molecule has 1 aromatic heterocycles. The molecule has 2 amide bonds. The lowest BCUT2D eigenvalue weighted by molar-refractivity contribution is -0.134. The molecule has 0 bridgehead atoms. The van der Waals surface area contributed by atoms with Gasteiger partial charge in [0.05, 0.1) is 6.04 Å². The predicted molar refractivity (Wildman–Crippen MR) is 133 cm³/mol. The van der Waals surface area contributed by atoms with Gasteiger partial charge in [-0.1, -0.05) is 30.3 Å². The van der Waals surface area contributed by atoms with Gasteiger partial charge in [-0.05, 0) is 53.6 Å². The van der Waals surface area contributed by atoms with Crippen molar-refractivity contribution >= 4 is 23.2 Å². The van der Waals surface area contributed by atoms with E-state index >= 15 is 0 Å². The van der Waals surface area contributed by atoms with Crippen LogP contribution in [0.1, 0.15) is 38.8 Å². The Morgan fingerprint density at radius 3 is 2.77 bits per heavy atom. The minimum atomic E-state index is -0.211. The number of carbonyl (C=O) groups excluding carboxylic acids is 2. The Morgan fingerprint density at radius 2 is 1.94 bits per heavy atom. The van der Waals surface area contributed by atoms with Gasteiger partial charge in [-0.25, -0.2) is 0 Å². The monoisotopic (exact) mass is 492 g/mol. The van der Waals surface area contributed by atoms with Gasteiger partial charge in [0.25, 0.3) is 5.91 Å². The van der Waals surface area contributed by atoms with E-state index in [2.05, 4.69) is 23.6 Å². The summed E-state index contributed by atoms with van der Waals surface area (Å²) in [4.78, 5) is 32.1. The average Bonchev–Trinajstić information content (AvgIpc) is 3.56. The highest BCUT2D eigenvalue weighted by Gasteiger charge is 2.34. The van der Waals surface area contributed by atoms with Gasteiger partial charge in [-0.2, -0.15) is 0 Å². The number of fused-ring (bicyclic) bond motifs is 2. The minimum absolute atomic E-state index is 0.000205.